The van der Waals surface area contributed by atoms with Gasteiger partial charge in [-0.2, -0.15) is 0 Å². The van der Waals surface area contributed by atoms with E-state index in [-0.39, 0.29) is 5.82 Å². The summed E-state index contributed by atoms with van der Waals surface area (Å²) in [4.78, 5) is 2.55. The molecule has 20 heavy (non-hydrogen) atoms. The number of likely N-dealkylation sites (tertiary alicyclic amines) is 1. The second kappa shape index (κ2) is 7.75. The van der Waals surface area contributed by atoms with Crippen molar-refractivity contribution in [2.75, 3.05) is 26.2 Å². The summed E-state index contributed by atoms with van der Waals surface area (Å²) in [6.45, 7) is 9.13. The zero-order valence-corrected chi connectivity index (χ0v) is 12.7. The second-order valence-corrected chi connectivity index (χ2v) is 6.22. The minimum atomic E-state index is -0.0914. The molecular formula is C17H27FN2. The van der Waals surface area contributed by atoms with Crippen LogP contribution >= 0.6 is 0 Å². The van der Waals surface area contributed by atoms with Crippen LogP contribution in [0.25, 0.3) is 0 Å². The highest BCUT2D eigenvalue weighted by atomic mass is 19.1. The molecule has 1 aromatic carbocycles. The first-order valence-electron chi connectivity index (χ1n) is 7.84. The number of nitrogens with zero attached hydrogens (tertiary/aromatic N) is 1. The Morgan fingerprint density at radius 1 is 1.20 bits per heavy atom. The van der Waals surface area contributed by atoms with Gasteiger partial charge in [0.15, 0.2) is 0 Å². The number of rotatable bonds is 7. The smallest absolute Gasteiger partial charge is 0.126 e. The normalized spacial score (nSPS) is 19.1. The van der Waals surface area contributed by atoms with E-state index in [1.807, 2.05) is 12.1 Å². The van der Waals surface area contributed by atoms with Crippen LogP contribution in [-0.2, 0) is 6.42 Å². The van der Waals surface area contributed by atoms with Gasteiger partial charge in [0.05, 0.1) is 0 Å². The number of hydrogen-bond acceptors (Lipinski definition) is 2. The van der Waals surface area contributed by atoms with E-state index in [0.717, 1.165) is 18.5 Å². The van der Waals surface area contributed by atoms with Crippen molar-refractivity contribution in [2.45, 2.75) is 39.2 Å². The highest BCUT2D eigenvalue weighted by molar-refractivity contribution is 5.18. The maximum atomic E-state index is 13.6. The van der Waals surface area contributed by atoms with Crippen molar-refractivity contribution in [3.05, 3.63) is 35.6 Å². The quantitative estimate of drug-likeness (QED) is 0.824. The average Bonchev–Trinajstić information content (AvgIpc) is 2.92. The summed E-state index contributed by atoms with van der Waals surface area (Å²) in [6.07, 6.45) is 3.46. The van der Waals surface area contributed by atoms with Crippen LogP contribution < -0.4 is 5.32 Å². The van der Waals surface area contributed by atoms with E-state index < -0.39 is 0 Å². The molecule has 2 rings (SSSR count). The van der Waals surface area contributed by atoms with E-state index in [0.29, 0.717) is 12.0 Å². The lowest BCUT2D eigenvalue weighted by Crippen LogP contribution is -2.36. The van der Waals surface area contributed by atoms with Gasteiger partial charge in [0.2, 0.25) is 0 Å². The van der Waals surface area contributed by atoms with Crippen molar-refractivity contribution in [3.8, 4) is 0 Å². The largest absolute Gasteiger partial charge is 0.314 e. The fraction of sp³-hybridized carbons (Fsp3) is 0.647. The fourth-order valence-corrected chi connectivity index (χ4v) is 2.94. The Kier molecular flexibility index (Phi) is 5.99. The summed E-state index contributed by atoms with van der Waals surface area (Å²) in [5.41, 5.74) is 0.805. The van der Waals surface area contributed by atoms with Gasteiger partial charge in [0.25, 0.3) is 0 Å². The lowest BCUT2D eigenvalue weighted by atomic mass is 10.1. The molecule has 1 fully saturated rings. The van der Waals surface area contributed by atoms with Gasteiger partial charge in [0, 0.05) is 12.6 Å². The molecule has 112 valence electrons. The summed E-state index contributed by atoms with van der Waals surface area (Å²) in [5, 5.41) is 3.54. The standard InChI is InChI=1S/C17H27FN2/c1-14(13-20-9-5-6-10-20)12-19-15(2)11-16-7-3-4-8-17(16)18/h3-4,7-8,14-15,19H,5-6,9-13H2,1-2H3. The lowest BCUT2D eigenvalue weighted by molar-refractivity contribution is 0.278. The van der Waals surface area contributed by atoms with E-state index in [1.165, 1.54) is 38.5 Å². The Morgan fingerprint density at radius 3 is 2.60 bits per heavy atom. The predicted octanol–water partition coefficient (Wildman–Crippen LogP) is 3.08. The molecule has 0 spiro atoms. The SMILES string of the molecule is CC(CNC(C)Cc1ccccc1F)CN1CCCC1. The molecule has 1 aliphatic heterocycles. The minimum Gasteiger partial charge on any atom is -0.314 e. The molecule has 3 heteroatoms. The first kappa shape index (κ1) is 15.5. The van der Waals surface area contributed by atoms with Gasteiger partial charge < -0.3 is 10.2 Å². The van der Waals surface area contributed by atoms with E-state index in [4.69, 9.17) is 0 Å². The zero-order valence-electron chi connectivity index (χ0n) is 12.7. The Hall–Kier alpha value is -0.930. The molecule has 1 N–H and O–H groups in total. The average molecular weight is 278 g/mol. The third-order valence-electron chi connectivity index (χ3n) is 4.07. The summed E-state index contributed by atoms with van der Waals surface area (Å²) >= 11 is 0. The van der Waals surface area contributed by atoms with Crippen molar-refractivity contribution in [1.82, 2.24) is 10.2 Å². The van der Waals surface area contributed by atoms with Gasteiger partial charge in [0.1, 0.15) is 5.82 Å². The molecule has 0 amide bonds. The lowest BCUT2D eigenvalue weighted by Gasteiger charge is -2.22. The molecule has 0 saturated carbocycles. The van der Waals surface area contributed by atoms with Gasteiger partial charge in [-0.05, 0) is 63.4 Å². The monoisotopic (exact) mass is 278 g/mol. The third-order valence-corrected chi connectivity index (χ3v) is 4.07. The van der Waals surface area contributed by atoms with Gasteiger partial charge in [-0.25, -0.2) is 4.39 Å². The van der Waals surface area contributed by atoms with Crippen molar-refractivity contribution in [3.63, 3.8) is 0 Å². The van der Waals surface area contributed by atoms with Crippen LogP contribution in [0.4, 0.5) is 4.39 Å². The van der Waals surface area contributed by atoms with Crippen LogP contribution in [0.2, 0.25) is 0 Å². The fourth-order valence-electron chi connectivity index (χ4n) is 2.94. The molecule has 2 atom stereocenters. The Balaban J connectivity index is 1.69. The topological polar surface area (TPSA) is 15.3 Å². The molecule has 2 nitrogen and oxygen atoms in total. The third kappa shape index (κ3) is 4.88. The molecule has 0 radical (unpaired) electrons. The molecular weight excluding hydrogens is 251 g/mol. The Labute approximate surface area is 122 Å². The van der Waals surface area contributed by atoms with Crippen LogP contribution in [0.5, 0.6) is 0 Å². The van der Waals surface area contributed by atoms with Gasteiger partial charge in [-0.15, -0.1) is 0 Å². The minimum absolute atomic E-state index is 0.0914. The van der Waals surface area contributed by atoms with Crippen LogP contribution in [-0.4, -0.2) is 37.1 Å². The number of benzene rings is 1. The molecule has 0 aliphatic carbocycles. The molecule has 2 unspecified atom stereocenters. The molecule has 1 saturated heterocycles. The summed E-state index contributed by atoms with van der Waals surface area (Å²) < 4.78 is 13.6. The van der Waals surface area contributed by atoms with Crippen LogP contribution in [0.15, 0.2) is 24.3 Å². The summed E-state index contributed by atoms with van der Waals surface area (Å²) in [5.74, 6) is 0.558. The van der Waals surface area contributed by atoms with E-state index >= 15 is 0 Å². The predicted molar refractivity (Wildman–Crippen MR) is 82.4 cm³/mol. The highest BCUT2D eigenvalue weighted by Crippen LogP contribution is 2.11. The maximum absolute atomic E-state index is 13.6. The summed E-state index contributed by atoms with van der Waals surface area (Å²) in [7, 11) is 0. The number of nitrogens with one attached hydrogen (secondary N) is 1. The summed E-state index contributed by atoms with van der Waals surface area (Å²) in [6, 6.07) is 7.38. The molecule has 1 heterocycles. The van der Waals surface area contributed by atoms with Crippen LogP contribution in [0.1, 0.15) is 32.3 Å². The molecule has 1 aromatic rings. The van der Waals surface area contributed by atoms with Gasteiger partial charge in [-0.3, -0.25) is 0 Å². The molecule has 0 bridgehead atoms. The van der Waals surface area contributed by atoms with E-state index in [2.05, 4.69) is 24.1 Å². The van der Waals surface area contributed by atoms with Crippen LogP contribution in [0.3, 0.4) is 0 Å². The number of hydrogen-bond donors (Lipinski definition) is 1. The van der Waals surface area contributed by atoms with Crippen molar-refractivity contribution in [1.29, 1.82) is 0 Å². The van der Waals surface area contributed by atoms with E-state index in [9.17, 15) is 4.39 Å². The Bertz CT molecular complexity index is 402. The maximum Gasteiger partial charge on any atom is 0.126 e. The highest BCUT2D eigenvalue weighted by Gasteiger charge is 2.15. The Morgan fingerprint density at radius 2 is 1.90 bits per heavy atom. The first-order chi connectivity index (χ1) is 9.65. The van der Waals surface area contributed by atoms with E-state index in [1.54, 1.807) is 6.07 Å². The van der Waals surface area contributed by atoms with Gasteiger partial charge >= 0.3 is 0 Å². The van der Waals surface area contributed by atoms with Crippen molar-refractivity contribution >= 4 is 0 Å². The molecule has 1 aliphatic rings. The van der Waals surface area contributed by atoms with Crippen molar-refractivity contribution < 1.29 is 4.39 Å². The first-order valence-corrected chi connectivity index (χ1v) is 7.84. The second-order valence-electron chi connectivity index (χ2n) is 6.22. The van der Waals surface area contributed by atoms with Gasteiger partial charge in [-0.1, -0.05) is 25.1 Å². The van der Waals surface area contributed by atoms with Crippen LogP contribution in [0, 0.1) is 11.7 Å². The molecule has 0 aromatic heterocycles. The zero-order chi connectivity index (χ0) is 14.4. The van der Waals surface area contributed by atoms with Crippen molar-refractivity contribution in [2.24, 2.45) is 5.92 Å². The number of halogens is 1.